The fourth-order valence-electron chi connectivity index (χ4n) is 4.19. The predicted octanol–water partition coefficient (Wildman–Crippen LogP) is 7.21. The number of benzene rings is 4. The number of hydrogen-bond donors (Lipinski definition) is 0. The molecule has 0 heteroatoms. The third kappa shape index (κ3) is 4.84. The van der Waals surface area contributed by atoms with E-state index in [0.717, 1.165) is 19.3 Å². The first-order chi connectivity index (χ1) is 14.3. The highest BCUT2D eigenvalue weighted by Gasteiger charge is 2.18. The van der Waals surface area contributed by atoms with E-state index >= 15 is 0 Å². The molecule has 0 saturated heterocycles. The van der Waals surface area contributed by atoms with E-state index in [9.17, 15) is 0 Å². The standard InChI is InChI=1S/C29H28/c1-2-26-21-25(20-23-12-6-3-7-13-23)18-19-28(26)29(27-16-10-5-11-17-27)22-24-14-8-4-9-15-24/h3-19,21,29H,2,20,22H2,1H3. The first kappa shape index (κ1) is 19.2. The van der Waals surface area contributed by atoms with Crippen LogP contribution in [0.15, 0.2) is 109 Å². The van der Waals surface area contributed by atoms with Gasteiger partial charge in [-0.2, -0.15) is 0 Å². The van der Waals surface area contributed by atoms with Gasteiger partial charge in [0.05, 0.1) is 0 Å². The molecule has 4 aromatic carbocycles. The fraction of sp³-hybridized carbons (Fsp3) is 0.172. The monoisotopic (exact) mass is 376 g/mol. The molecule has 0 N–H and O–H groups in total. The van der Waals surface area contributed by atoms with Crippen LogP contribution in [0.3, 0.4) is 0 Å². The van der Waals surface area contributed by atoms with Gasteiger partial charge in [-0.15, -0.1) is 0 Å². The largest absolute Gasteiger partial charge is 0.0622 e. The zero-order valence-corrected chi connectivity index (χ0v) is 17.1. The summed E-state index contributed by atoms with van der Waals surface area (Å²) in [5.74, 6) is 0.374. The molecular formula is C29H28. The lowest BCUT2D eigenvalue weighted by Gasteiger charge is -2.22. The summed E-state index contributed by atoms with van der Waals surface area (Å²) in [6.07, 6.45) is 3.06. The molecule has 4 rings (SSSR count). The molecule has 0 saturated carbocycles. The molecule has 144 valence electrons. The normalized spacial score (nSPS) is 11.9. The molecule has 29 heavy (non-hydrogen) atoms. The van der Waals surface area contributed by atoms with E-state index in [0.29, 0.717) is 5.92 Å². The summed E-state index contributed by atoms with van der Waals surface area (Å²) < 4.78 is 0. The van der Waals surface area contributed by atoms with Crippen molar-refractivity contribution in [1.29, 1.82) is 0 Å². The lowest BCUT2D eigenvalue weighted by molar-refractivity contribution is 0.790. The van der Waals surface area contributed by atoms with Gasteiger partial charge in [0, 0.05) is 5.92 Å². The summed E-state index contributed by atoms with van der Waals surface area (Å²) >= 11 is 0. The quantitative estimate of drug-likeness (QED) is 0.319. The summed E-state index contributed by atoms with van der Waals surface area (Å²) in [5, 5.41) is 0. The maximum Gasteiger partial charge on any atom is 0.0132 e. The maximum atomic E-state index is 2.42. The molecule has 0 aliphatic rings. The minimum Gasteiger partial charge on any atom is -0.0622 e. The summed E-state index contributed by atoms with van der Waals surface area (Å²) in [7, 11) is 0. The zero-order valence-electron chi connectivity index (χ0n) is 17.1. The van der Waals surface area contributed by atoms with Crippen molar-refractivity contribution < 1.29 is 0 Å². The third-order valence-electron chi connectivity index (χ3n) is 5.70. The summed E-state index contributed by atoms with van der Waals surface area (Å²) in [5.41, 5.74) is 8.45. The topological polar surface area (TPSA) is 0 Å². The summed E-state index contributed by atoms with van der Waals surface area (Å²) in [6, 6.07) is 39.7. The Labute approximate surface area is 174 Å². The van der Waals surface area contributed by atoms with Crippen molar-refractivity contribution >= 4 is 0 Å². The molecule has 0 aromatic heterocycles. The van der Waals surface area contributed by atoms with Crippen LogP contribution in [-0.4, -0.2) is 0 Å². The summed E-state index contributed by atoms with van der Waals surface area (Å²) in [6.45, 7) is 2.27. The minimum absolute atomic E-state index is 0.374. The van der Waals surface area contributed by atoms with Crippen LogP contribution in [0, 0.1) is 0 Å². The van der Waals surface area contributed by atoms with Gasteiger partial charge in [-0.05, 0) is 52.6 Å². The lowest BCUT2D eigenvalue weighted by atomic mass is 9.82. The Morgan fingerprint density at radius 3 is 1.79 bits per heavy atom. The van der Waals surface area contributed by atoms with Crippen LogP contribution in [0.4, 0.5) is 0 Å². The van der Waals surface area contributed by atoms with Gasteiger partial charge in [-0.1, -0.05) is 116 Å². The number of rotatable bonds is 7. The van der Waals surface area contributed by atoms with Crippen molar-refractivity contribution in [2.75, 3.05) is 0 Å². The Hall–Kier alpha value is -3.12. The van der Waals surface area contributed by atoms with Crippen molar-refractivity contribution in [3.05, 3.63) is 143 Å². The van der Waals surface area contributed by atoms with Crippen LogP contribution in [0.1, 0.15) is 46.2 Å². The van der Waals surface area contributed by atoms with E-state index in [1.807, 2.05) is 0 Å². The molecule has 0 aliphatic heterocycles. The highest BCUT2D eigenvalue weighted by molar-refractivity contribution is 5.43. The molecule has 0 bridgehead atoms. The highest BCUT2D eigenvalue weighted by Crippen LogP contribution is 2.32. The van der Waals surface area contributed by atoms with E-state index in [1.165, 1.54) is 33.4 Å². The Morgan fingerprint density at radius 2 is 1.17 bits per heavy atom. The Morgan fingerprint density at radius 1 is 0.586 bits per heavy atom. The highest BCUT2D eigenvalue weighted by atomic mass is 14.2. The van der Waals surface area contributed by atoms with Crippen molar-refractivity contribution in [1.82, 2.24) is 0 Å². The molecule has 1 unspecified atom stereocenters. The Kier molecular flexibility index (Phi) is 6.22. The predicted molar refractivity (Wildman–Crippen MR) is 123 cm³/mol. The first-order valence-corrected chi connectivity index (χ1v) is 10.6. The van der Waals surface area contributed by atoms with Crippen molar-refractivity contribution in [2.45, 2.75) is 32.1 Å². The van der Waals surface area contributed by atoms with Gasteiger partial charge in [0.15, 0.2) is 0 Å². The second-order valence-corrected chi connectivity index (χ2v) is 7.70. The van der Waals surface area contributed by atoms with E-state index in [-0.39, 0.29) is 0 Å². The van der Waals surface area contributed by atoms with Crippen molar-refractivity contribution in [3.8, 4) is 0 Å². The van der Waals surface area contributed by atoms with Gasteiger partial charge in [-0.3, -0.25) is 0 Å². The van der Waals surface area contributed by atoms with Gasteiger partial charge < -0.3 is 0 Å². The molecule has 0 aliphatic carbocycles. The van der Waals surface area contributed by atoms with Gasteiger partial charge >= 0.3 is 0 Å². The lowest BCUT2D eigenvalue weighted by Crippen LogP contribution is -2.08. The average Bonchev–Trinajstić information content (AvgIpc) is 2.79. The molecule has 0 nitrogen and oxygen atoms in total. The smallest absolute Gasteiger partial charge is 0.0132 e. The van der Waals surface area contributed by atoms with Crippen molar-refractivity contribution in [2.24, 2.45) is 0 Å². The third-order valence-corrected chi connectivity index (χ3v) is 5.70. The van der Waals surface area contributed by atoms with Crippen LogP contribution < -0.4 is 0 Å². The molecule has 1 atom stereocenters. The second kappa shape index (κ2) is 9.39. The maximum absolute atomic E-state index is 2.42. The SMILES string of the molecule is CCc1cc(Cc2ccccc2)ccc1C(Cc1ccccc1)c1ccccc1. The zero-order chi connectivity index (χ0) is 19.9. The Balaban J connectivity index is 1.69. The van der Waals surface area contributed by atoms with Crippen LogP contribution in [0.2, 0.25) is 0 Å². The van der Waals surface area contributed by atoms with Crippen LogP contribution >= 0.6 is 0 Å². The molecular weight excluding hydrogens is 348 g/mol. The van der Waals surface area contributed by atoms with Gasteiger partial charge in [0.1, 0.15) is 0 Å². The minimum atomic E-state index is 0.374. The Bertz CT molecular complexity index is 1020. The van der Waals surface area contributed by atoms with Gasteiger partial charge in [0.25, 0.3) is 0 Å². The van der Waals surface area contributed by atoms with E-state index in [1.54, 1.807) is 0 Å². The van der Waals surface area contributed by atoms with Crippen LogP contribution in [0.5, 0.6) is 0 Å². The van der Waals surface area contributed by atoms with Crippen LogP contribution in [-0.2, 0) is 19.3 Å². The average molecular weight is 377 g/mol. The molecule has 0 radical (unpaired) electrons. The molecule has 0 spiro atoms. The van der Waals surface area contributed by atoms with Gasteiger partial charge in [0.2, 0.25) is 0 Å². The summed E-state index contributed by atoms with van der Waals surface area (Å²) in [4.78, 5) is 0. The van der Waals surface area contributed by atoms with E-state index in [2.05, 4.69) is 116 Å². The molecule has 0 heterocycles. The van der Waals surface area contributed by atoms with Crippen LogP contribution in [0.25, 0.3) is 0 Å². The fourth-order valence-corrected chi connectivity index (χ4v) is 4.19. The number of aryl methyl sites for hydroxylation is 1. The van der Waals surface area contributed by atoms with E-state index in [4.69, 9.17) is 0 Å². The molecule has 0 fully saturated rings. The van der Waals surface area contributed by atoms with E-state index < -0.39 is 0 Å². The second-order valence-electron chi connectivity index (χ2n) is 7.70. The number of hydrogen-bond acceptors (Lipinski definition) is 0. The first-order valence-electron chi connectivity index (χ1n) is 10.6. The molecule has 0 amide bonds. The van der Waals surface area contributed by atoms with Crippen molar-refractivity contribution in [3.63, 3.8) is 0 Å². The molecule has 4 aromatic rings. The van der Waals surface area contributed by atoms with Gasteiger partial charge in [-0.25, -0.2) is 0 Å².